The van der Waals surface area contributed by atoms with E-state index in [0.29, 0.717) is 0 Å². The lowest BCUT2D eigenvalue weighted by molar-refractivity contribution is -0.123. The average Bonchev–Trinajstić information content (AvgIpc) is 2.20. The van der Waals surface area contributed by atoms with E-state index in [-0.39, 0.29) is 17.3 Å². The molecular weight excluding hydrogens is 206 g/mol. The monoisotopic (exact) mass is 215 g/mol. The van der Waals surface area contributed by atoms with Gasteiger partial charge in [-0.05, 0) is 12.1 Å². The molecule has 1 atom stereocenters. The number of alkyl halides is 1. The number of phenolic OH excluding ortho intramolecular Hbond substituents is 1. The van der Waals surface area contributed by atoms with E-state index in [0.717, 1.165) is 0 Å². The van der Waals surface area contributed by atoms with Crippen LogP contribution >= 0.6 is 11.6 Å². The Balaban J connectivity index is 2.70. The van der Waals surface area contributed by atoms with E-state index in [9.17, 15) is 9.90 Å². The summed E-state index contributed by atoms with van der Waals surface area (Å²) in [5.41, 5.74) is 0.252. The molecule has 1 aromatic rings. The van der Waals surface area contributed by atoms with Gasteiger partial charge in [-0.15, -0.1) is 11.6 Å². The summed E-state index contributed by atoms with van der Waals surface area (Å²) in [7, 11) is 0. The number of rotatable bonds is 3. The fourth-order valence-corrected chi connectivity index (χ4v) is 1.01. The molecule has 0 heterocycles. The standard InChI is InChI=1S/C9H10ClNO3/c10-5-8(13)9(14)11-6-3-1-2-4-7(6)12/h1-4,8,12-13H,5H2,(H,11,14). The number of aromatic hydroxyl groups is 1. The quantitative estimate of drug-likeness (QED) is 0.519. The van der Waals surface area contributed by atoms with E-state index < -0.39 is 12.0 Å². The number of para-hydroxylation sites is 2. The van der Waals surface area contributed by atoms with Crippen molar-refractivity contribution in [1.29, 1.82) is 0 Å². The second-order valence-corrected chi connectivity index (χ2v) is 2.99. The zero-order chi connectivity index (χ0) is 10.6. The van der Waals surface area contributed by atoms with Crippen LogP contribution in [0.4, 0.5) is 5.69 Å². The number of aliphatic hydroxyl groups excluding tert-OH is 1. The molecule has 4 nitrogen and oxygen atoms in total. The third kappa shape index (κ3) is 2.61. The molecule has 1 amide bonds. The first kappa shape index (κ1) is 10.8. The molecule has 1 aromatic carbocycles. The number of hydrogen-bond donors (Lipinski definition) is 3. The van der Waals surface area contributed by atoms with Crippen molar-refractivity contribution in [1.82, 2.24) is 0 Å². The molecule has 76 valence electrons. The Bertz CT molecular complexity index is 330. The van der Waals surface area contributed by atoms with Gasteiger partial charge in [0, 0.05) is 0 Å². The normalized spacial score (nSPS) is 12.1. The Morgan fingerprint density at radius 3 is 2.71 bits per heavy atom. The van der Waals surface area contributed by atoms with Crippen LogP contribution in [0.1, 0.15) is 0 Å². The number of aliphatic hydroxyl groups is 1. The number of carbonyl (C=O) groups excluding carboxylic acids is 1. The third-order valence-electron chi connectivity index (χ3n) is 1.61. The Hall–Kier alpha value is -1.26. The van der Waals surface area contributed by atoms with Crippen LogP contribution in [0.2, 0.25) is 0 Å². The molecule has 0 aliphatic rings. The highest BCUT2D eigenvalue weighted by Crippen LogP contribution is 2.21. The van der Waals surface area contributed by atoms with E-state index in [4.69, 9.17) is 16.7 Å². The molecule has 0 radical (unpaired) electrons. The maximum Gasteiger partial charge on any atom is 0.254 e. The zero-order valence-corrected chi connectivity index (χ0v) is 8.03. The van der Waals surface area contributed by atoms with Crippen LogP contribution < -0.4 is 5.32 Å². The lowest BCUT2D eigenvalue weighted by Crippen LogP contribution is -2.28. The summed E-state index contributed by atoms with van der Waals surface area (Å²) in [6, 6.07) is 6.24. The van der Waals surface area contributed by atoms with Crippen LogP contribution in [0, 0.1) is 0 Å². The minimum Gasteiger partial charge on any atom is -0.506 e. The topological polar surface area (TPSA) is 69.6 Å². The van der Waals surface area contributed by atoms with Gasteiger partial charge >= 0.3 is 0 Å². The molecule has 3 N–H and O–H groups in total. The first-order chi connectivity index (χ1) is 6.65. The number of hydrogen-bond acceptors (Lipinski definition) is 3. The van der Waals surface area contributed by atoms with Crippen molar-refractivity contribution in [3.05, 3.63) is 24.3 Å². The van der Waals surface area contributed by atoms with Crippen molar-refractivity contribution < 1.29 is 15.0 Å². The van der Waals surface area contributed by atoms with Crippen molar-refractivity contribution >= 4 is 23.2 Å². The van der Waals surface area contributed by atoms with E-state index in [1.807, 2.05) is 0 Å². The molecule has 1 unspecified atom stereocenters. The highest BCUT2D eigenvalue weighted by Gasteiger charge is 2.14. The zero-order valence-electron chi connectivity index (χ0n) is 7.27. The first-order valence-electron chi connectivity index (χ1n) is 3.98. The van der Waals surface area contributed by atoms with Gasteiger partial charge in [-0.25, -0.2) is 0 Å². The average molecular weight is 216 g/mol. The summed E-state index contributed by atoms with van der Waals surface area (Å²) in [6.45, 7) is 0. The molecule has 5 heteroatoms. The Kier molecular flexibility index (Phi) is 3.73. The summed E-state index contributed by atoms with van der Waals surface area (Å²) >= 11 is 5.28. The SMILES string of the molecule is O=C(Nc1ccccc1O)C(O)CCl. The number of benzene rings is 1. The van der Waals surface area contributed by atoms with Crippen LogP contribution in [0.15, 0.2) is 24.3 Å². The van der Waals surface area contributed by atoms with Gasteiger partial charge in [0.05, 0.1) is 11.6 Å². The van der Waals surface area contributed by atoms with E-state index in [1.165, 1.54) is 12.1 Å². The lowest BCUT2D eigenvalue weighted by atomic mass is 10.3. The van der Waals surface area contributed by atoms with Crippen LogP contribution in [0.25, 0.3) is 0 Å². The number of halogens is 1. The number of amides is 1. The number of anilines is 1. The highest BCUT2D eigenvalue weighted by molar-refractivity contribution is 6.20. The van der Waals surface area contributed by atoms with E-state index >= 15 is 0 Å². The third-order valence-corrected chi connectivity index (χ3v) is 1.90. The summed E-state index contributed by atoms with van der Waals surface area (Å²) in [6.07, 6.45) is -1.27. The summed E-state index contributed by atoms with van der Waals surface area (Å²) in [5.74, 6) is -0.872. The lowest BCUT2D eigenvalue weighted by Gasteiger charge is -2.09. The van der Waals surface area contributed by atoms with Crippen LogP contribution in [0.3, 0.4) is 0 Å². The second-order valence-electron chi connectivity index (χ2n) is 2.68. The van der Waals surface area contributed by atoms with E-state index in [2.05, 4.69) is 5.32 Å². The predicted octanol–water partition coefficient (Wildman–Crippen LogP) is 0.930. The minimum absolute atomic E-state index is 0.0531. The Labute approximate surface area is 86.1 Å². The van der Waals surface area contributed by atoms with Gasteiger partial charge < -0.3 is 15.5 Å². The molecule has 0 spiro atoms. The molecule has 0 saturated heterocycles. The fraction of sp³-hybridized carbons (Fsp3) is 0.222. The van der Waals surface area contributed by atoms with Gasteiger partial charge in [-0.1, -0.05) is 12.1 Å². The molecule has 0 fully saturated rings. The van der Waals surface area contributed by atoms with Gasteiger partial charge in [0.2, 0.25) is 0 Å². The number of phenols is 1. The van der Waals surface area contributed by atoms with Crippen molar-refractivity contribution in [2.24, 2.45) is 0 Å². The van der Waals surface area contributed by atoms with Gasteiger partial charge in [-0.2, -0.15) is 0 Å². The summed E-state index contributed by atoms with van der Waals surface area (Å²) < 4.78 is 0. The van der Waals surface area contributed by atoms with Crippen LogP contribution in [-0.4, -0.2) is 28.1 Å². The summed E-state index contributed by atoms with van der Waals surface area (Å²) in [5, 5.41) is 20.7. The largest absolute Gasteiger partial charge is 0.506 e. The molecule has 0 bridgehead atoms. The highest BCUT2D eigenvalue weighted by atomic mass is 35.5. The maximum absolute atomic E-state index is 11.1. The van der Waals surface area contributed by atoms with E-state index in [1.54, 1.807) is 12.1 Å². The van der Waals surface area contributed by atoms with Crippen molar-refractivity contribution in [2.45, 2.75) is 6.10 Å². The first-order valence-corrected chi connectivity index (χ1v) is 4.51. The fourth-order valence-electron chi connectivity index (χ4n) is 0.865. The molecular formula is C9H10ClNO3. The van der Waals surface area contributed by atoms with Gasteiger partial charge in [-0.3, -0.25) is 4.79 Å². The minimum atomic E-state index is -1.27. The van der Waals surface area contributed by atoms with Crippen molar-refractivity contribution in [3.63, 3.8) is 0 Å². The second kappa shape index (κ2) is 4.83. The smallest absolute Gasteiger partial charge is 0.254 e. The van der Waals surface area contributed by atoms with Crippen molar-refractivity contribution in [2.75, 3.05) is 11.2 Å². The molecule has 0 aromatic heterocycles. The molecule has 0 aliphatic carbocycles. The van der Waals surface area contributed by atoms with Crippen LogP contribution in [-0.2, 0) is 4.79 Å². The van der Waals surface area contributed by atoms with Crippen LogP contribution in [0.5, 0.6) is 5.75 Å². The number of nitrogens with one attached hydrogen (secondary N) is 1. The van der Waals surface area contributed by atoms with Gasteiger partial charge in [0.1, 0.15) is 11.9 Å². The maximum atomic E-state index is 11.1. The summed E-state index contributed by atoms with van der Waals surface area (Å²) in [4.78, 5) is 11.1. The Morgan fingerprint density at radius 2 is 2.14 bits per heavy atom. The molecule has 14 heavy (non-hydrogen) atoms. The predicted molar refractivity (Wildman–Crippen MR) is 53.5 cm³/mol. The van der Waals surface area contributed by atoms with Gasteiger partial charge in [0.15, 0.2) is 0 Å². The van der Waals surface area contributed by atoms with Crippen molar-refractivity contribution in [3.8, 4) is 5.75 Å². The molecule has 0 saturated carbocycles. The molecule has 0 aliphatic heterocycles. The van der Waals surface area contributed by atoms with Gasteiger partial charge in [0.25, 0.3) is 5.91 Å². The Morgan fingerprint density at radius 1 is 1.50 bits per heavy atom. The number of carbonyl (C=O) groups is 1. The molecule has 1 rings (SSSR count).